The topological polar surface area (TPSA) is 127 Å². The number of fused-ring (bicyclic) bond motifs is 1. The summed E-state index contributed by atoms with van der Waals surface area (Å²) in [6, 6.07) is 15.6. The van der Waals surface area contributed by atoms with Crippen molar-refractivity contribution in [2.75, 3.05) is 39.1 Å². The van der Waals surface area contributed by atoms with Crippen molar-refractivity contribution in [1.29, 1.82) is 0 Å². The molecular formula is C36H36F4N6O5. The monoisotopic (exact) mass is 708 g/mol. The number of rotatable bonds is 9. The van der Waals surface area contributed by atoms with Crippen LogP contribution in [0.15, 0.2) is 67.0 Å². The van der Waals surface area contributed by atoms with Crippen LogP contribution in [0.3, 0.4) is 0 Å². The van der Waals surface area contributed by atoms with Crippen LogP contribution in [0, 0.1) is 17.8 Å². The summed E-state index contributed by atoms with van der Waals surface area (Å²) in [7, 11) is 2.96. The largest absolute Gasteiger partial charge is 0.495 e. The maximum Gasteiger partial charge on any atom is 0.410 e. The van der Waals surface area contributed by atoms with E-state index in [0.717, 1.165) is 16.5 Å². The minimum absolute atomic E-state index is 0.00801. The highest BCUT2D eigenvalue weighted by Crippen LogP contribution is 2.27. The van der Waals surface area contributed by atoms with E-state index in [1.165, 1.54) is 31.2 Å². The lowest BCUT2D eigenvalue weighted by molar-refractivity contribution is -0.140. The number of halogens is 4. The Labute approximate surface area is 291 Å². The first kappa shape index (κ1) is 36.5. The summed E-state index contributed by atoms with van der Waals surface area (Å²) >= 11 is 0. The molecule has 3 aromatic carbocycles. The molecule has 268 valence electrons. The standard InChI is InChI=1S/C36H36F4N6O5/c1-22-17-45(35(49)51-19-23-8-5-4-6-9-23)18-27(37)31(22)44-34(48)26-14-24(15-29-32(26)43-21-46(29)20-36(38,39)40)10-7-13-42-28-12-11-25(33(47)41-2)16-30(28)50-3/h4-6,8-9,11-12,14-16,21-22,27,31,42H,13,17-20H2,1-3H3,(H,41,47)(H,44,48). The third-order valence-electron chi connectivity index (χ3n) is 8.28. The summed E-state index contributed by atoms with van der Waals surface area (Å²) in [6.07, 6.45) is -5.92. The van der Waals surface area contributed by atoms with Crippen molar-refractivity contribution in [3.63, 3.8) is 0 Å². The number of hydrogen-bond donors (Lipinski definition) is 3. The van der Waals surface area contributed by atoms with Gasteiger partial charge >= 0.3 is 12.3 Å². The molecule has 0 bridgehead atoms. The number of imidazole rings is 1. The van der Waals surface area contributed by atoms with Crippen LogP contribution >= 0.6 is 0 Å². The van der Waals surface area contributed by atoms with Crippen molar-refractivity contribution in [3.05, 3.63) is 89.2 Å². The lowest BCUT2D eigenvalue weighted by Crippen LogP contribution is -2.58. The number of anilines is 1. The number of aromatic nitrogens is 2. The molecule has 0 radical (unpaired) electrons. The van der Waals surface area contributed by atoms with Gasteiger partial charge in [0.05, 0.1) is 49.3 Å². The van der Waals surface area contributed by atoms with Crippen LogP contribution in [0.4, 0.5) is 28.0 Å². The molecule has 15 heteroatoms. The zero-order valence-corrected chi connectivity index (χ0v) is 28.0. The van der Waals surface area contributed by atoms with Gasteiger partial charge < -0.3 is 34.9 Å². The van der Waals surface area contributed by atoms with Crippen molar-refractivity contribution in [2.45, 2.75) is 38.5 Å². The van der Waals surface area contributed by atoms with Crippen molar-refractivity contribution < 1.29 is 41.4 Å². The Morgan fingerprint density at radius 1 is 1.04 bits per heavy atom. The molecule has 3 N–H and O–H groups in total. The average molecular weight is 709 g/mol. The summed E-state index contributed by atoms with van der Waals surface area (Å²) in [4.78, 5) is 43.7. The number of methoxy groups -OCH3 is 1. The molecule has 0 aliphatic carbocycles. The predicted octanol–water partition coefficient (Wildman–Crippen LogP) is 5.16. The summed E-state index contributed by atoms with van der Waals surface area (Å²) in [5.41, 5.74) is 1.86. The fourth-order valence-electron chi connectivity index (χ4n) is 5.77. The molecule has 3 atom stereocenters. The fraction of sp³-hybridized carbons (Fsp3) is 0.333. The second-order valence-electron chi connectivity index (χ2n) is 12.0. The van der Waals surface area contributed by atoms with E-state index in [4.69, 9.17) is 9.47 Å². The van der Waals surface area contributed by atoms with Gasteiger partial charge in [0.2, 0.25) is 0 Å². The first-order valence-electron chi connectivity index (χ1n) is 16.0. The Hall–Kier alpha value is -5.78. The van der Waals surface area contributed by atoms with Crippen LogP contribution in [-0.2, 0) is 17.9 Å². The van der Waals surface area contributed by atoms with Gasteiger partial charge in [-0.25, -0.2) is 14.2 Å². The molecule has 0 spiro atoms. The predicted molar refractivity (Wildman–Crippen MR) is 181 cm³/mol. The Balaban J connectivity index is 1.32. The molecule has 1 aliphatic rings. The van der Waals surface area contributed by atoms with E-state index in [0.29, 0.717) is 17.0 Å². The van der Waals surface area contributed by atoms with E-state index < -0.39 is 42.9 Å². The average Bonchev–Trinajstić information content (AvgIpc) is 3.50. The lowest BCUT2D eigenvalue weighted by Gasteiger charge is -2.39. The maximum absolute atomic E-state index is 15.5. The number of amides is 3. The zero-order chi connectivity index (χ0) is 36.7. The molecule has 0 saturated carbocycles. The molecule has 51 heavy (non-hydrogen) atoms. The van der Waals surface area contributed by atoms with Gasteiger partial charge in [-0.3, -0.25) is 9.59 Å². The smallest absolute Gasteiger partial charge is 0.410 e. The van der Waals surface area contributed by atoms with Crippen molar-refractivity contribution in [2.24, 2.45) is 5.92 Å². The summed E-state index contributed by atoms with van der Waals surface area (Å²) in [5, 5.41) is 8.28. The number of alkyl halides is 4. The van der Waals surface area contributed by atoms with Gasteiger partial charge in [-0.15, -0.1) is 0 Å². The molecule has 1 aliphatic heterocycles. The van der Waals surface area contributed by atoms with Crippen LogP contribution in [-0.4, -0.2) is 84.5 Å². The summed E-state index contributed by atoms with van der Waals surface area (Å²) in [5.74, 6) is 4.57. The molecular weight excluding hydrogens is 672 g/mol. The van der Waals surface area contributed by atoms with E-state index in [-0.39, 0.29) is 54.3 Å². The zero-order valence-electron chi connectivity index (χ0n) is 28.0. The minimum Gasteiger partial charge on any atom is -0.495 e. The number of likely N-dealkylation sites (tertiary alicyclic amines) is 1. The van der Waals surface area contributed by atoms with Gasteiger partial charge in [0.1, 0.15) is 30.6 Å². The normalized spacial score (nSPS) is 17.2. The van der Waals surface area contributed by atoms with E-state index >= 15 is 4.39 Å². The number of carbonyl (C=O) groups is 3. The lowest BCUT2D eigenvalue weighted by atomic mass is 9.92. The minimum atomic E-state index is -4.57. The van der Waals surface area contributed by atoms with E-state index in [2.05, 4.69) is 32.8 Å². The van der Waals surface area contributed by atoms with Crippen molar-refractivity contribution >= 4 is 34.6 Å². The molecule has 5 rings (SSSR count). The van der Waals surface area contributed by atoms with Gasteiger partial charge in [0, 0.05) is 24.7 Å². The molecule has 3 amide bonds. The Morgan fingerprint density at radius 2 is 1.80 bits per heavy atom. The molecule has 2 heterocycles. The first-order chi connectivity index (χ1) is 24.4. The number of piperidine rings is 1. The SMILES string of the molecule is CNC(=O)c1ccc(NCC#Cc2cc(C(=O)NC3C(C)CN(C(=O)OCc4ccccc4)CC3F)c3ncn(CC(F)(F)F)c3c2)c(OC)c1. The van der Waals surface area contributed by atoms with Crippen LogP contribution in [0.5, 0.6) is 5.75 Å². The summed E-state index contributed by atoms with van der Waals surface area (Å²) in [6.45, 7) is 0.205. The van der Waals surface area contributed by atoms with E-state index in [9.17, 15) is 27.6 Å². The van der Waals surface area contributed by atoms with Gasteiger partial charge in [-0.1, -0.05) is 49.1 Å². The third-order valence-corrected chi connectivity index (χ3v) is 8.28. The van der Waals surface area contributed by atoms with Gasteiger partial charge in [0.15, 0.2) is 0 Å². The molecule has 1 aromatic heterocycles. The number of hydrogen-bond acceptors (Lipinski definition) is 7. The molecule has 1 fully saturated rings. The number of benzene rings is 3. The molecule has 4 aromatic rings. The highest BCUT2D eigenvalue weighted by Gasteiger charge is 2.39. The second-order valence-corrected chi connectivity index (χ2v) is 12.0. The van der Waals surface area contributed by atoms with Crippen molar-refractivity contribution in [3.8, 4) is 17.6 Å². The second kappa shape index (κ2) is 15.8. The maximum atomic E-state index is 15.5. The number of nitrogens with zero attached hydrogens (tertiary/aromatic N) is 3. The van der Waals surface area contributed by atoms with E-state index in [1.54, 1.807) is 49.4 Å². The Bertz CT molecular complexity index is 1940. The van der Waals surface area contributed by atoms with Crippen LogP contribution in [0.2, 0.25) is 0 Å². The Kier molecular flexibility index (Phi) is 11.3. The van der Waals surface area contributed by atoms with Crippen LogP contribution in [0.25, 0.3) is 11.0 Å². The highest BCUT2D eigenvalue weighted by atomic mass is 19.4. The van der Waals surface area contributed by atoms with E-state index in [1.807, 2.05) is 6.07 Å². The van der Waals surface area contributed by atoms with Gasteiger partial charge in [0.25, 0.3) is 11.8 Å². The number of carbonyl (C=O) groups excluding carboxylic acids is 3. The van der Waals surface area contributed by atoms with Crippen molar-refractivity contribution in [1.82, 2.24) is 25.1 Å². The summed E-state index contributed by atoms with van der Waals surface area (Å²) < 4.78 is 67.4. The van der Waals surface area contributed by atoms with Gasteiger partial charge in [-0.05, 0) is 41.8 Å². The molecule has 3 unspecified atom stereocenters. The fourth-order valence-corrected chi connectivity index (χ4v) is 5.77. The number of ether oxygens (including phenoxy) is 2. The Morgan fingerprint density at radius 3 is 2.49 bits per heavy atom. The first-order valence-corrected chi connectivity index (χ1v) is 16.0. The van der Waals surface area contributed by atoms with Crippen LogP contribution < -0.4 is 20.7 Å². The van der Waals surface area contributed by atoms with Crippen LogP contribution in [0.1, 0.15) is 38.8 Å². The quantitative estimate of drug-likeness (QED) is 0.162. The van der Waals surface area contributed by atoms with Gasteiger partial charge in [-0.2, -0.15) is 13.2 Å². The molecule has 1 saturated heterocycles. The number of nitrogens with one attached hydrogen (secondary N) is 3. The highest BCUT2D eigenvalue weighted by molar-refractivity contribution is 6.05. The molecule has 11 nitrogen and oxygen atoms in total. The third kappa shape index (κ3) is 9.07.